The Morgan fingerprint density at radius 1 is 1.21 bits per heavy atom. The van der Waals surface area contributed by atoms with E-state index in [1.54, 1.807) is 48.9 Å². The van der Waals surface area contributed by atoms with Gasteiger partial charge in [-0.05, 0) is 38.1 Å². The fraction of sp³-hybridized carbons (Fsp3) is 0.250. The predicted molar refractivity (Wildman–Crippen MR) is 108 cm³/mol. The molecule has 0 aliphatic heterocycles. The van der Waals surface area contributed by atoms with Crippen LogP contribution in [0.1, 0.15) is 13.8 Å². The Morgan fingerprint density at radius 3 is 2.68 bits per heavy atom. The molecule has 1 aromatic heterocycles. The number of ether oxygens (including phenoxy) is 1. The lowest BCUT2D eigenvalue weighted by atomic mass is 10.2. The Bertz CT molecular complexity index is 976. The van der Waals surface area contributed by atoms with Gasteiger partial charge in [0.2, 0.25) is 5.91 Å². The molecule has 1 heterocycles. The van der Waals surface area contributed by atoms with Crippen molar-refractivity contribution in [2.75, 3.05) is 11.9 Å². The zero-order valence-electron chi connectivity index (χ0n) is 15.8. The number of aromatic nitrogens is 3. The van der Waals surface area contributed by atoms with E-state index in [1.807, 2.05) is 19.1 Å². The van der Waals surface area contributed by atoms with E-state index in [9.17, 15) is 9.18 Å². The minimum Gasteiger partial charge on any atom is -0.492 e. The number of anilines is 1. The smallest absolute Gasteiger partial charge is 0.237 e. The molecule has 0 fully saturated rings. The van der Waals surface area contributed by atoms with Crippen LogP contribution in [0.4, 0.5) is 10.1 Å². The van der Waals surface area contributed by atoms with E-state index in [4.69, 9.17) is 4.74 Å². The molecular formula is C20H21FN4O2S. The van der Waals surface area contributed by atoms with Gasteiger partial charge in [0, 0.05) is 7.05 Å². The van der Waals surface area contributed by atoms with Crippen molar-refractivity contribution in [3.8, 4) is 17.1 Å². The van der Waals surface area contributed by atoms with Crippen molar-refractivity contribution >= 4 is 23.4 Å². The summed E-state index contributed by atoms with van der Waals surface area (Å²) in [7, 11) is 1.75. The number of carbonyl (C=O) groups excluding carboxylic acids is 1. The van der Waals surface area contributed by atoms with Crippen molar-refractivity contribution in [1.82, 2.24) is 14.8 Å². The van der Waals surface area contributed by atoms with Crippen LogP contribution in [0.2, 0.25) is 0 Å². The third kappa shape index (κ3) is 4.33. The number of hydrogen-bond donors (Lipinski definition) is 1. The first kappa shape index (κ1) is 19.9. The van der Waals surface area contributed by atoms with Crippen LogP contribution < -0.4 is 10.1 Å². The summed E-state index contributed by atoms with van der Waals surface area (Å²) < 4.78 is 21.3. The molecule has 1 atom stereocenters. The molecule has 0 spiro atoms. The predicted octanol–water partition coefficient (Wildman–Crippen LogP) is 4.14. The van der Waals surface area contributed by atoms with E-state index >= 15 is 0 Å². The summed E-state index contributed by atoms with van der Waals surface area (Å²) in [6.07, 6.45) is 0. The van der Waals surface area contributed by atoms with E-state index in [2.05, 4.69) is 15.5 Å². The fourth-order valence-electron chi connectivity index (χ4n) is 2.59. The molecule has 2 aromatic carbocycles. The van der Waals surface area contributed by atoms with E-state index in [1.165, 1.54) is 17.8 Å². The highest BCUT2D eigenvalue weighted by atomic mass is 32.2. The van der Waals surface area contributed by atoms with Crippen LogP contribution >= 0.6 is 11.8 Å². The zero-order valence-corrected chi connectivity index (χ0v) is 16.7. The molecular weight excluding hydrogens is 379 g/mol. The molecule has 1 N–H and O–H groups in total. The van der Waals surface area contributed by atoms with Gasteiger partial charge in [-0.1, -0.05) is 36.0 Å². The quantitative estimate of drug-likeness (QED) is 0.604. The highest BCUT2D eigenvalue weighted by molar-refractivity contribution is 8.00. The van der Waals surface area contributed by atoms with Crippen LogP contribution in [0.5, 0.6) is 5.75 Å². The number of para-hydroxylation sites is 2. The van der Waals surface area contributed by atoms with Gasteiger partial charge in [-0.2, -0.15) is 0 Å². The summed E-state index contributed by atoms with van der Waals surface area (Å²) in [5.41, 5.74) is 0.985. The van der Waals surface area contributed by atoms with Gasteiger partial charge in [-0.25, -0.2) is 4.39 Å². The lowest BCUT2D eigenvalue weighted by Crippen LogP contribution is -2.23. The third-order valence-corrected chi connectivity index (χ3v) is 5.18. The van der Waals surface area contributed by atoms with Crippen molar-refractivity contribution < 1.29 is 13.9 Å². The molecule has 0 saturated carbocycles. The number of thioether (sulfide) groups is 1. The largest absolute Gasteiger partial charge is 0.492 e. The van der Waals surface area contributed by atoms with Gasteiger partial charge in [-0.3, -0.25) is 4.79 Å². The second-order valence-corrected chi connectivity index (χ2v) is 7.33. The molecule has 3 aromatic rings. The first-order chi connectivity index (χ1) is 13.5. The average Bonchev–Trinajstić information content (AvgIpc) is 3.04. The van der Waals surface area contributed by atoms with E-state index < -0.39 is 5.25 Å². The van der Waals surface area contributed by atoms with Crippen molar-refractivity contribution in [1.29, 1.82) is 0 Å². The van der Waals surface area contributed by atoms with Crippen LogP contribution in [0.25, 0.3) is 11.4 Å². The lowest BCUT2D eigenvalue weighted by molar-refractivity contribution is -0.115. The van der Waals surface area contributed by atoms with Crippen LogP contribution in [0.15, 0.2) is 53.7 Å². The molecule has 6 nitrogen and oxygen atoms in total. The standard InChI is InChI=1S/C20H21FN4O2S/c1-4-27-17-12-8-7-11-16(17)22-19(26)13(2)28-20-24-23-18(25(20)3)14-9-5-6-10-15(14)21/h5-13H,4H2,1-3H3,(H,22,26)/t13-/m1/s1. The molecule has 0 saturated heterocycles. The maximum Gasteiger partial charge on any atom is 0.237 e. The second-order valence-electron chi connectivity index (χ2n) is 6.02. The summed E-state index contributed by atoms with van der Waals surface area (Å²) in [4.78, 5) is 12.6. The molecule has 1 amide bonds. The maximum absolute atomic E-state index is 14.0. The molecule has 28 heavy (non-hydrogen) atoms. The minimum atomic E-state index is -0.439. The van der Waals surface area contributed by atoms with Gasteiger partial charge in [0.15, 0.2) is 11.0 Å². The van der Waals surface area contributed by atoms with Crippen molar-refractivity contribution in [2.45, 2.75) is 24.3 Å². The van der Waals surface area contributed by atoms with Crippen LogP contribution in [0.3, 0.4) is 0 Å². The normalized spacial score (nSPS) is 11.9. The Morgan fingerprint density at radius 2 is 1.93 bits per heavy atom. The number of nitrogens with zero attached hydrogens (tertiary/aromatic N) is 3. The number of nitrogens with one attached hydrogen (secondary N) is 1. The van der Waals surface area contributed by atoms with Crippen molar-refractivity contribution in [2.24, 2.45) is 7.05 Å². The molecule has 0 radical (unpaired) electrons. The Kier molecular flexibility index (Phi) is 6.30. The molecule has 0 bridgehead atoms. The maximum atomic E-state index is 14.0. The summed E-state index contributed by atoms with van der Waals surface area (Å²) in [6.45, 7) is 4.17. The summed E-state index contributed by atoms with van der Waals surface area (Å²) in [5.74, 6) is 0.478. The van der Waals surface area contributed by atoms with Gasteiger partial charge in [-0.15, -0.1) is 10.2 Å². The van der Waals surface area contributed by atoms with E-state index in [0.29, 0.717) is 34.6 Å². The molecule has 0 aliphatic carbocycles. The van der Waals surface area contributed by atoms with Gasteiger partial charge >= 0.3 is 0 Å². The summed E-state index contributed by atoms with van der Waals surface area (Å²) in [5, 5.41) is 11.2. The van der Waals surface area contributed by atoms with Gasteiger partial charge in [0.1, 0.15) is 11.6 Å². The highest BCUT2D eigenvalue weighted by Crippen LogP contribution is 2.29. The summed E-state index contributed by atoms with van der Waals surface area (Å²) >= 11 is 1.25. The Hall–Kier alpha value is -2.87. The number of carbonyl (C=O) groups is 1. The molecule has 8 heteroatoms. The van der Waals surface area contributed by atoms with Gasteiger partial charge < -0.3 is 14.6 Å². The van der Waals surface area contributed by atoms with Gasteiger partial charge in [0.25, 0.3) is 0 Å². The first-order valence-corrected chi connectivity index (χ1v) is 9.72. The third-order valence-electron chi connectivity index (χ3n) is 4.05. The van der Waals surface area contributed by atoms with Crippen LogP contribution in [0, 0.1) is 5.82 Å². The SMILES string of the molecule is CCOc1ccccc1NC(=O)[C@@H](C)Sc1nnc(-c2ccccc2F)n1C. The van der Waals surface area contributed by atoms with Crippen LogP contribution in [-0.2, 0) is 11.8 Å². The lowest BCUT2D eigenvalue weighted by Gasteiger charge is -2.14. The monoisotopic (exact) mass is 400 g/mol. The summed E-state index contributed by atoms with van der Waals surface area (Å²) in [6, 6.07) is 13.7. The second kappa shape index (κ2) is 8.88. The fourth-order valence-corrected chi connectivity index (χ4v) is 3.41. The first-order valence-electron chi connectivity index (χ1n) is 8.85. The minimum absolute atomic E-state index is 0.187. The number of hydrogen-bond acceptors (Lipinski definition) is 5. The molecule has 0 unspecified atom stereocenters. The topological polar surface area (TPSA) is 69.0 Å². The van der Waals surface area contributed by atoms with Crippen molar-refractivity contribution in [3.05, 3.63) is 54.3 Å². The number of rotatable bonds is 7. The molecule has 3 rings (SSSR count). The molecule has 0 aliphatic rings. The van der Waals surface area contributed by atoms with Gasteiger partial charge in [0.05, 0.1) is 23.1 Å². The average molecular weight is 400 g/mol. The number of halogens is 1. The number of amides is 1. The number of benzene rings is 2. The van der Waals surface area contributed by atoms with Crippen molar-refractivity contribution in [3.63, 3.8) is 0 Å². The van der Waals surface area contributed by atoms with Crippen LogP contribution in [-0.4, -0.2) is 32.5 Å². The highest BCUT2D eigenvalue weighted by Gasteiger charge is 2.21. The Balaban J connectivity index is 1.72. The van der Waals surface area contributed by atoms with E-state index in [-0.39, 0.29) is 11.7 Å². The Labute approximate surface area is 167 Å². The molecule has 146 valence electrons. The van der Waals surface area contributed by atoms with E-state index in [0.717, 1.165) is 0 Å². The zero-order chi connectivity index (χ0) is 20.1.